The van der Waals surface area contributed by atoms with Crippen LogP contribution < -0.4 is 4.90 Å². The fourth-order valence-electron chi connectivity index (χ4n) is 2.54. The molecule has 28 heavy (non-hydrogen) atoms. The molecule has 3 aromatic rings. The summed E-state index contributed by atoms with van der Waals surface area (Å²) in [5.41, 5.74) is 1.60. The average Bonchev–Trinajstić information content (AvgIpc) is 3.10. The van der Waals surface area contributed by atoms with E-state index in [1.807, 2.05) is 43.3 Å². The molecule has 0 bridgehead atoms. The Morgan fingerprint density at radius 2 is 1.86 bits per heavy atom. The summed E-state index contributed by atoms with van der Waals surface area (Å²) < 4.78 is 1.03. The summed E-state index contributed by atoms with van der Waals surface area (Å²) in [5.74, 6) is -0.181. The van der Waals surface area contributed by atoms with Crippen molar-refractivity contribution in [3.8, 4) is 0 Å². The van der Waals surface area contributed by atoms with Crippen LogP contribution >= 0.6 is 11.3 Å². The lowest BCUT2D eigenvalue weighted by atomic mass is 10.2. The van der Waals surface area contributed by atoms with Gasteiger partial charge in [-0.05, 0) is 50.0 Å². The Morgan fingerprint density at radius 3 is 2.50 bits per heavy atom. The van der Waals surface area contributed by atoms with Gasteiger partial charge in [0.25, 0.3) is 11.6 Å². The second kappa shape index (κ2) is 8.73. The summed E-state index contributed by atoms with van der Waals surface area (Å²) in [7, 11) is 3.90. The first-order valence-electron chi connectivity index (χ1n) is 8.68. The number of hydrogen-bond donors (Lipinski definition) is 0. The molecule has 0 atom stereocenters. The minimum absolute atomic E-state index is 0.0190. The molecule has 144 valence electrons. The summed E-state index contributed by atoms with van der Waals surface area (Å²) in [6, 6.07) is 13.8. The smallest absolute Gasteiger partial charge is 0.269 e. The molecule has 8 heteroatoms. The normalized spacial score (nSPS) is 11.4. The van der Waals surface area contributed by atoms with Crippen molar-refractivity contribution in [1.82, 2.24) is 9.88 Å². The molecule has 0 aliphatic heterocycles. The summed E-state index contributed by atoms with van der Waals surface area (Å²) in [6.45, 7) is 1.21. The van der Waals surface area contributed by atoms with Crippen LogP contribution in [-0.4, -0.2) is 47.9 Å². The number of para-hydroxylation sites is 1. The molecule has 0 aliphatic rings. The van der Waals surface area contributed by atoms with Crippen LogP contribution in [0.2, 0.25) is 0 Å². The highest BCUT2D eigenvalue weighted by atomic mass is 32.1. The third kappa shape index (κ3) is 4.79. The number of anilines is 1. The largest absolute Gasteiger partial charge is 0.308 e. The number of aromatic nitrogens is 1. The second-order valence-electron chi connectivity index (χ2n) is 6.44. The highest BCUT2D eigenvalue weighted by Crippen LogP contribution is 2.28. The predicted octanol–water partition coefficient (Wildman–Crippen LogP) is 3.81. The monoisotopic (exact) mass is 396 g/mol. The first kappa shape index (κ1) is 19.7. The molecule has 7 nitrogen and oxygen atoms in total. The maximum atomic E-state index is 12.9. The molecule has 0 unspecified atom stereocenters. The zero-order chi connectivity index (χ0) is 20.1. The van der Waals surface area contributed by atoms with Crippen molar-refractivity contribution in [2.45, 2.75) is 0 Å². The van der Waals surface area contributed by atoms with Crippen molar-refractivity contribution in [3.63, 3.8) is 0 Å². The minimum Gasteiger partial charge on any atom is -0.308 e. The number of thiazole rings is 1. The summed E-state index contributed by atoms with van der Waals surface area (Å²) in [6.07, 6.45) is 3.13. The lowest BCUT2D eigenvalue weighted by molar-refractivity contribution is -0.384. The van der Waals surface area contributed by atoms with Crippen LogP contribution in [0.3, 0.4) is 0 Å². The molecule has 0 spiro atoms. The van der Waals surface area contributed by atoms with E-state index in [4.69, 9.17) is 0 Å². The van der Waals surface area contributed by atoms with Gasteiger partial charge in [-0.15, -0.1) is 0 Å². The number of nitro benzene ring substituents is 1. The van der Waals surface area contributed by atoms with Crippen LogP contribution in [0, 0.1) is 10.1 Å². The topological polar surface area (TPSA) is 79.6 Å². The second-order valence-corrected chi connectivity index (χ2v) is 7.45. The van der Waals surface area contributed by atoms with Crippen molar-refractivity contribution in [2.75, 3.05) is 32.1 Å². The fraction of sp³-hybridized carbons (Fsp3) is 0.200. The number of non-ortho nitro benzene ring substituents is 1. The van der Waals surface area contributed by atoms with E-state index in [-0.39, 0.29) is 11.6 Å². The Hall–Kier alpha value is -3.10. The van der Waals surface area contributed by atoms with E-state index in [0.29, 0.717) is 18.2 Å². The molecular weight excluding hydrogens is 376 g/mol. The van der Waals surface area contributed by atoms with Gasteiger partial charge < -0.3 is 4.90 Å². The van der Waals surface area contributed by atoms with E-state index in [9.17, 15) is 14.9 Å². The number of nitrogens with zero attached hydrogens (tertiary/aromatic N) is 4. The standard InChI is InChI=1S/C20H20N4O3S/c1-22(2)13-14-23(20-21-17-5-3-4-6-18(17)28-20)19(25)12-9-15-7-10-16(11-8-15)24(26)27/h3-12H,13-14H2,1-2H3. The van der Waals surface area contributed by atoms with E-state index >= 15 is 0 Å². The lowest BCUT2D eigenvalue weighted by Gasteiger charge is -2.20. The van der Waals surface area contributed by atoms with E-state index < -0.39 is 4.92 Å². The van der Waals surface area contributed by atoms with Gasteiger partial charge in [0.15, 0.2) is 5.13 Å². The highest BCUT2D eigenvalue weighted by Gasteiger charge is 2.18. The maximum Gasteiger partial charge on any atom is 0.269 e. The Bertz CT molecular complexity index is 979. The first-order chi connectivity index (χ1) is 13.4. The third-order valence-corrected chi connectivity index (χ3v) is 5.13. The number of benzene rings is 2. The van der Waals surface area contributed by atoms with Gasteiger partial charge in [0.1, 0.15) is 0 Å². The number of likely N-dealkylation sites (N-methyl/N-ethyl adjacent to an activating group) is 1. The molecule has 0 saturated carbocycles. The van der Waals surface area contributed by atoms with E-state index in [1.54, 1.807) is 23.1 Å². The predicted molar refractivity (Wildman–Crippen MR) is 113 cm³/mol. The van der Waals surface area contributed by atoms with Gasteiger partial charge in [0, 0.05) is 31.3 Å². The van der Waals surface area contributed by atoms with Crippen LogP contribution in [0.1, 0.15) is 5.56 Å². The van der Waals surface area contributed by atoms with E-state index in [1.165, 1.54) is 29.5 Å². The van der Waals surface area contributed by atoms with Crippen LogP contribution in [0.15, 0.2) is 54.6 Å². The minimum atomic E-state index is -0.450. The molecule has 1 aromatic heterocycles. The molecule has 2 aromatic carbocycles. The van der Waals surface area contributed by atoms with Crippen molar-refractivity contribution in [2.24, 2.45) is 0 Å². The summed E-state index contributed by atoms with van der Waals surface area (Å²) >= 11 is 1.48. The average molecular weight is 396 g/mol. The SMILES string of the molecule is CN(C)CCN(C(=O)C=Cc1ccc([N+](=O)[O-])cc1)c1nc2ccccc2s1. The molecule has 1 heterocycles. The summed E-state index contributed by atoms with van der Waals surface area (Å²) in [5, 5.41) is 11.4. The molecular formula is C20H20N4O3S. The van der Waals surface area contributed by atoms with Crippen molar-refractivity contribution < 1.29 is 9.72 Å². The molecule has 0 saturated heterocycles. The van der Waals surface area contributed by atoms with Crippen molar-refractivity contribution >= 4 is 44.4 Å². The molecule has 1 amide bonds. The molecule has 0 radical (unpaired) electrons. The number of hydrogen-bond acceptors (Lipinski definition) is 6. The van der Waals surface area contributed by atoms with Gasteiger partial charge >= 0.3 is 0 Å². The molecule has 0 aliphatic carbocycles. The number of amides is 1. The number of nitro groups is 1. The quantitative estimate of drug-likeness (QED) is 0.345. The van der Waals surface area contributed by atoms with Crippen LogP contribution in [0.5, 0.6) is 0 Å². The number of fused-ring (bicyclic) bond motifs is 1. The number of carbonyl (C=O) groups is 1. The summed E-state index contributed by atoms with van der Waals surface area (Å²) in [4.78, 5) is 31.4. The lowest BCUT2D eigenvalue weighted by Crippen LogP contribution is -2.35. The van der Waals surface area contributed by atoms with E-state index in [2.05, 4.69) is 4.98 Å². The fourth-order valence-corrected chi connectivity index (χ4v) is 3.54. The Kier molecular flexibility index (Phi) is 6.13. The van der Waals surface area contributed by atoms with Gasteiger partial charge in [0.2, 0.25) is 0 Å². The molecule has 0 fully saturated rings. The van der Waals surface area contributed by atoms with Gasteiger partial charge in [0.05, 0.1) is 15.1 Å². The Balaban J connectivity index is 1.82. The number of rotatable bonds is 7. The van der Waals surface area contributed by atoms with Gasteiger partial charge in [-0.25, -0.2) is 4.98 Å². The maximum absolute atomic E-state index is 12.9. The third-order valence-electron chi connectivity index (χ3n) is 4.07. The van der Waals surface area contributed by atoms with Crippen LogP contribution in [0.25, 0.3) is 16.3 Å². The van der Waals surface area contributed by atoms with Gasteiger partial charge in [-0.3, -0.25) is 19.8 Å². The first-order valence-corrected chi connectivity index (χ1v) is 9.50. The Morgan fingerprint density at radius 1 is 1.14 bits per heavy atom. The van der Waals surface area contributed by atoms with Gasteiger partial charge in [-0.1, -0.05) is 23.5 Å². The highest BCUT2D eigenvalue weighted by molar-refractivity contribution is 7.22. The zero-order valence-electron chi connectivity index (χ0n) is 15.6. The van der Waals surface area contributed by atoms with Gasteiger partial charge in [-0.2, -0.15) is 0 Å². The molecule has 3 rings (SSSR count). The van der Waals surface area contributed by atoms with Crippen LogP contribution in [0.4, 0.5) is 10.8 Å². The van der Waals surface area contributed by atoms with Crippen molar-refractivity contribution in [3.05, 3.63) is 70.3 Å². The van der Waals surface area contributed by atoms with E-state index in [0.717, 1.165) is 15.8 Å². The number of carbonyl (C=O) groups excluding carboxylic acids is 1. The van der Waals surface area contributed by atoms with Crippen LogP contribution in [-0.2, 0) is 4.79 Å². The Labute approximate surface area is 166 Å². The zero-order valence-corrected chi connectivity index (χ0v) is 16.4. The van der Waals surface area contributed by atoms with Crippen molar-refractivity contribution in [1.29, 1.82) is 0 Å². The molecule has 0 N–H and O–H groups in total.